The first-order chi connectivity index (χ1) is 12.4. The summed E-state index contributed by atoms with van der Waals surface area (Å²) in [6.45, 7) is 5.62. The van der Waals surface area contributed by atoms with Crippen molar-refractivity contribution in [1.82, 2.24) is 10.3 Å². The van der Waals surface area contributed by atoms with Gasteiger partial charge in [-0.1, -0.05) is 48.5 Å². The van der Waals surface area contributed by atoms with Crippen LogP contribution in [0.3, 0.4) is 0 Å². The van der Waals surface area contributed by atoms with Crippen LogP contribution in [0.25, 0.3) is 10.9 Å². The van der Waals surface area contributed by atoms with Crippen molar-refractivity contribution in [2.24, 2.45) is 0 Å². The predicted octanol–water partition coefficient (Wildman–Crippen LogP) is 5.37. The number of rotatable bonds is 5. The van der Waals surface area contributed by atoms with Gasteiger partial charge < -0.3 is 15.0 Å². The topological polar surface area (TPSA) is 54.1 Å². The van der Waals surface area contributed by atoms with Crippen LogP contribution in [-0.2, 0) is 11.2 Å². The van der Waals surface area contributed by atoms with E-state index in [2.05, 4.69) is 28.5 Å². The van der Waals surface area contributed by atoms with Crippen molar-refractivity contribution >= 4 is 17.0 Å². The minimum absolute atomic E-state index is 0.124. The molecule has 2 aromatic carbocycles. The molecule has 1 atom stereocenters. The summed E-state index contributed by atoms with van der Waals surface area (Å²) in [5.74, 6) is 0. The van der Waals surface area contributed by atoms with E-state index in [0.717, 1.165) is 29.3 Å². The molecule has 0 unspecified atom stereocenters. The number of benzene rings is 2. The summed E-state index contributed by atoms with van der Waals surface area (Å²) in [5.41, 5.74) is 2.89. The van der Waals surface area contributed by atoms with E-state index in [1.165, 1.54) is 5.56 Å². The monoisotopic (exact) mass is 350 g/mol. The maximum absolute atomic E-state index is 12.4. The number of hydrogen-bond acceptors (Lipinski definition) is 2. The molecule has 0 aliphatic heterocycles. The smallest absolute Gasteiger partial charge is 0.408 e. The molecule has 1 aromatic heterocycles. The molecule has 1 amide bonds. The average molecular weight is 350 g/mol. The molecule has 0 fully saturated rings. The second-order valence-corrected chi connectivity index (χ2v) is 7.51. The van der Waals surface area contributed by atoms with Gasteiger partial charge in [-0.3, -0.25) is 0 Å². The number of carbonyl (C=O) groups excluding carboxylic acids is 1. The maximum Gasteiger partial charge on any atom is 0.408 e. The lowest BCUT2D eigenvalue weighted by molar-refractivity contribution is 0.0501. The normalized spacial score (nSPS) is 12.7. The number of fused-ring (bicyclic) bond motifs is 1. The van der Waals surface area contributed by atoms with Crippen LogP contribution in [0, 0.1) is 0 Å². The largest absolute Gasteiger partial charge is 0.444 e. The molecular weight excluding hydrogens is 324 g/mol. The highest BCUT2D eigenvalue weighted by Crippen LogP contribution is 2.27. The zero-order valence-corrected chi connectivity index (χ0v) is 15.6. The Balaban J connectivity index is 1.82. The molecule has 3 rings (SSSR count). The molecule has 0 aliphatic carbocycles. The van der Waals surface area contributed by atoms with Crippen molar-refractivity contribution in [2.75, 3.05) is 0 Å². The van der Waals surface area contributed by atoms with E-state index < -0.39 is 5.60 Å². The number of carbonyl (C=O) groups is 1. The summed E-state index contributed by atoms with van der Waals surface area (Å²) >= 11 is 0. The number of para-hydroxylation sites is 1. The fourth-order valence-electron chi connectivity index (χ4n) is 3.09. The second-order valence-electron chi connectivity index (χ2n) is 7.51. The molecule has 1 heterocycles. The van der Waals surface area contributed by atoms with Crippen molar-refractivity contribution in [1.29, 1.82) is 0 Å². The summed E-state index contributed by atoms with van der Waals surface area (Å²) in [5, 5.41) is 4.18. The van der Waals surface area contributed by atoms with Crippen LogP contribution in [0.5, 0.6) is 0 Å². The van der Waals surface area contributed by atoms with Gasteiger partial charge in [-0.15, -0.1) is 0 Å². The van der Waals surface area contributed by atoms with Gasteiger partial charge in [0.2, 0.25) is 0 Å². The fraction of sp³-hybridized carbons (Fsp3) is 0.318. The van der Waals surface area contributed by atoms with Crippen LogP contribution >= 0.6 is 0 Å². The summed E-state index contributed by atoms with van der Waals surface area (Å²) < 4.78 is 5.47. The molecule has 2 N–H and O–H groups in total. The highest BCUT2D eigenvalue weighted by Gasteiger charge is 2.22. The van der Waals surface area contributed by atoms with Crippen LogP contribution < -0.4 is 5.32 Å². The molecular formula is C22H26N2O2. The highest BCUT2D eigenvalue weighted by atomic mass is 16.6. The van der Waals surface area contributed by atoms with Gasteiger partial charge in [-0.25, -0.2) is 4.79 Å². The van der Waals surface area contributed by atoms with E-state index in [0.29, 0.717) is 0 Å². The van der Waals surface area contributed by atoms with Gasteiger partial charge in [-0.05, 0) is 50.8 Å². The molecule has 0 saturated heterocycles. The van der Waals surface area contributed by atoms with Crippen molar-refractivity contribution in [3.8, 4) is 0 Å². The highest BCUT2D eigenvalue weighted by molar-refractivity contribution is 5.84. The van der Waals surface area contributed by atoms with Crippen molar-refractivity contribution in [2.45, 2.75) is 45.3 Å². The van der Waals surface area contributed by atoms with Crippen LogP contribution in [-0.4, -0.2) is 16.7 Å². The van der Waals surface area contributed by atoms with E-state index in [9.17, 15) is 4.79 Å². The minimum atomic E-state index is -0.520. The maximum atomic E-state index is 12.4. The van der Waals surface area contributed by atoms with E-state index in [1.54, 1.807) is 0 Å². The number of amides is 1. The Hall–Kier alpha value is -2.75. The summed E-state index contributed by atoms with van der Waals surface area (Å²) in [6.07, 6.45) is 3.27. The molecule has 4 nitrogen and oxygen atoms in total. The first kappa shape index (κ1) is 18.1. The van der Waals surface area contributed by atoms with E-state index in [1.807, 2.05) is 63.4 Å². The molecule has 3 aromatic rings. The van der Waals surface area contributed by atoms with Gasteiger partial charge in [-0.2, -0.15) is 0 Å². The summed E-state index contributed by atoms with van der Waals surface area (Å²) in [4.78, 5) is 15.7. The first-order valence-electron chi connectivity index (χ1n) is 9.02. The zero-order valence-electron chi connectivity index (χ0n) is 15.6. The summed E-state index contributed by atoms with van der Waals surface area (Å²) in [6, 6.07) is 18.3. The lowest BCUT2D eigenvalue weighted by Gasteiger charge is -2.24. The Kier molecular flexibility index (Phi) is 5.31. The number of ether oxygens (including phenoxy) is 1. The predicted molar refractivity (Wildman–Crippen MR) is 105 cm³/mol. The third kappa shape index (κ3) is 4.66. The van der Waals surface area contributed by atoms with Crippen molar-refractivity contribution < 1.29 is 9.53 Å². The van der Waals surface area contributed by atoms with E-state index >= 15 is 0 Å². The molecule has 4 heteroatoms. The Morgan fingerprint density at radius 3 is 2.50 bits per heavy atom. The first-order valence-corrected chi connectivity index (χ1v) is 9.02. The Labute approximate surface area is 154 Å². The summed E-state index contributed by atoms with van der Waals surface area (Å²) in [7, 11) is 0. The fourth-order valence-corrected chi connectivity index (χ4v) is 3.09. The third-order valence-corrected chi connectivity index (χ3v) is 4.25. The number of aromatic nitrogens is 1. The van der Waals surface area contributed by atoms with E-state index in [4.69, 9.17) is 4.74 Å². The van der Waals surface area contributed by atoms with Crippen molar-refractivity contribution in [3.63, 3.8) is 0 Å². The number of nitrogens with one attached hydrogen (secondary N) is 2. The molecule has 136 valence electrons. The lowest BCUT2D eigenvalue weighted by Crippen LogP contribution is -2.35. The Morgan fingerprint density at radius 2 is 1.77 bits per heavy atom. The van der Waals surface area contributed by atoms with Crippen LogP contribution in [0.2, 0.25) is 0 Å². The zero-order chi connectivity index (χ0) is 18.6. The van der Waals surface area contributed by atoms with Crippen LogP contribution in [0.15, 0.2) is 60.8 Å². The van der Waals surface area contributed by atoms with Gasteiger partial charge in [0.25, 0.3) is 0 Å². The molecule has 0 radical (unpaired) electrons. The minimum Gasteiger partial charge on any atom is -0.444 e. The number of alkyl carbamates (subject to hydrolysis) is 1. The quantitative estimate of drug-likeness (QED) is 0.650. The number of hydrogen-bond donors (Lipinski definition) is 2. The Morgan fingerprint density at radius 1 is 1.08 bits per heavy atom. The number of aryl methyl sites for hydroxylation is 1. The Bertz CT molecular complexity index is 862. The molecule has 0 aliphatic rings. The molecule has 0 bridgehead atoms. The SMILES string of the molecule is CC(C)(C)OC(=O)N[C@@H](CCc1ccccc1)c1c[nH]c2ccccc12. The number of H-pyrrole nitrogens is 1. The van der Waals surface area contributed by atoms with Gasteiger partial charge in [0, 0.05) is 17.1 Å². The molecule has 26 heavy (non-hydrogen) atoms. The second kappa shape index (κ2) is 7.65. The van der Waals surface area contributed by atoms with E-state index in [-0.39, 0.29) is 12.1 Å². The van der Waals surface area contributed by atoms with Crippen LogP contribution in [0.1, 0.15) is 44.4 Å². The molecule has 0 saturated carbocycles. The standard InChI is InChI=1S/C22H26N2O2/c1-22(2,3)26-21(25)24-20(14-13-16-9-5-4-6-10-16)18-15-23-19-12-8-7-11-17(18)19/h4-12,15,20,23H,13-14H2,1-3H3,(H,24,25)/t20-/m0/s1. The van der Waals surface area contributed by atoms with Gasteiger partial charge >= 0.3 is 6.09 Å². The number of aromatic amines is 1. The van der Waals surface area contributed by atoms with Crippen molar-refractivity contribution in [3.05, 3.63) is 71.9 Å². The van der Waals surface area contributed by atoms with Crippen LogP contribution in [0.4, 0.5) is 4.79 Å². The molecule has 0 spiro atoms. The third-order valence-electron chi connectivity index (χ3n) is 4.25. The van der Waals surface area contributed by atoms with Gasteiger partial charge in [0.05, 0.1) is 6.04 Å². The van der Waals surface area contributed by atoms with Gasteiger partial charge in [0.1, 0.15) is 5.60 Å². The average Bonchev–Trinajstić information content (AvgIpc) is 3.02. The lowest BCUT2D eigenvalue weighted by atomic mass is 9.98. The van der Waals surface area contributed by atoms with Gasteiger partial charge in [0.15, 0.2) is 0 Å².